The van der Waals surface area contributed by atoms with E-state index in [0.717, 1.165) is 54.4 Å². The number of nitrogens with zero attached hydrogens (tertiary/aromatic N) is 2. The van der Waals surface area contributed by atoms with Crippen molar-refractivity contribution in [1.29, 1.82) is 0 Å². The lowest BCUT2D eigenvalue weighted by Crippen LogP contribution is -2.22. The van der Waals surface area contributed by atoms with Gasteiger partial charge in [-0.25, -0.2) is 0 Å². The monoisotopic (exact) mass is 618 g/mol. The molecule has 1 atom stereocenters. The third-order valence-electron chi connectivity index (χ3n) is 7.92. The van der Waals surface area contributed by atoms with Crippen molar-refractivity contribution < 1.29 is 19.4 Å². The second-order valence-electron chi connectivity index (χ2n) is 11.0. The maximum absolute atomic E-state index is 10.9. The molecule has 0 bridgehead atoms. The number of hydrogen-bond acceptors (Lipinski definition) is 6. The molecule has 6 rings (SSSR count). The number of aryl methyl sites for hydroxylation is 2. The minimum absolute atomic E-state index is 0.442. The molecule has 46 heavy (non-hydrogen) atoms. The van der Waals surface area contributed by atoms with E-state index in [9.17, 15) is 9.59 Å². The molecule has 0 radical (unpaired) electrons. The number of methoxy groups -OCH3 is 1. The van der Waals surface area contributed by atoms with Crippen molar-refractivity contribution in [2.45, 2.75) is 32.1 Å². The molecule has 1 aromatic heterocycles. The molecule has 0 fully saturated rings. The van der Waals surface area contributed by atoms with Crippen LogP contribution in [0.2, 0.25) is 0 Å². The molecule has 238 valence electrons. The number of hydrogen-bond donors (Lipinski definition) is 3. The van der Waals surface area contributed by atoms with E-state index >= 15 is 0 Å². The SMILES string of the molecule is CNCCCN1c2ccccc2CCc2ccccc21.COc1ccc2cc([C@H](C)C(=O)O)ccc2c1.NC(=O)c1cccnc1. The Bertz CT molecular complexity index is 1690. The number of carboxylic acids is 1. The van der Waals surface area contributed by atoms with Gasteiger partial charge in [-0.3, -0.25) is 14.6 Å². The number of amides is 1. The number of anilines is 2. The number of carbonyl (C=O) groups excluding carboxylic acids is 1. The van der Waals surface area contributed by atoms with E-state index in [1.54, 1.807) is 32.4 Å². The summed E-state index contributed by atoms with van der Waals surface area (Å²) in [5, 5.41) is 14.3. The lowest BCUT2D eigenvalue weighted by atomic mass is 9.98. The van der Waals surface area contributed by atoms with Gasteiger partial charge < -0.3 is 25.8 Å². The number of aromatic nitrogens is 1. The maximum atomic E-state index is 10.9. The Hall–Kier alpha value is -5.21. The van der Waals surface area contributed by atoms with Crippen LogP contribution in [0.3, 0.4) is 0 Å². The van der Waals surface area contributed by atoms with Crippen LogP contribution in [0.25, 0.3) is 10.8 Å². The highest BCUT2D eigenvalue weighted by molar-refractivity contribution is 5.92. The fourth-order valence-electron chi connectivity index (χ4n) is 5.31. The average Bonchev–Trinajstić information content (AvgIpc) is 3.25. The molecule has 0 spiro atoms. The van der Waals surface area contributed by atoms with Crippen LogP contribution in [-0.2, 0) is 17.6 Å². The van der Waals surface area contributed by atoms with E-state index < -0.39 is 17.8 Å². The largest absolute Gasteiger partial charge is 0.497 e. The maximum Gasteiger partial charge on any atom is 0.310 e. The average molecular weight is 619 g/mol. The van der Waals surface area contributed by atoms with Crippen molar-refractivity contribution in [2.75, 3.05) is 32.1 Å². The number of fused-ring (bicyclic) bond motifs is 3. The highest BCUT2D eigenvalue weighted by atomic mass is 16.5. The van der Waals surface area contributed by atoms with Gasteiger partial charge in [-0.2, -0.15) is 0 Å². The number of nitrogens with two attached hydrogens (primary N) is 1. The standard InChI is InChI=1S/C18H22N2.C14H14O3.C6H6N2O/c1-19-13-6-14-20-17-9-4-2-7-15(17)11-12-16-8-3-5-10-18(16)20;1-9(14(15)16)10-3-4-12-8-13(17-2)6-5-11(12)7-10;7-6(9)5-2-1-3-8-4-5/h2-5,7-10,19H,6,11-14H2,1H3;3-9H,1-2H3,(H,15,16);1-4H,(H2,7,9)/t;9-;/m.0./s1. The molecule has 0 unspecified atom stereocenters. The number of ether oxygens (including phenoxy) is 1. The number of rotatable bonds is 8. The Morgan fingerprint density at radius 3 is 2.09 bits per heavy atom. The van der Waals surface area contributed by atoms with Crippen LogP contribution >= 0.6 is 0 Å². The summed E-state index contributed by atoms with van der Waals surface area (Å²) >= 11 is 0. The van der Waals surface area contributed by atoms with Crippen molar-refractivity contribution in [3.05, 3.63) is 132 Å². The Kier molecular flexibility index (Phi) is 12.3. The molecule has 4 N–H and O–H groups in total. The van der Waals surface area contributed by atoms with Gasteiger partial charge in [0.05, 0.1) is 18.6 Å². The number of nitrogens with one attached hydrogen (secondary N) is 1. The summed E-state index contributed by atoms with van der Waals surface area (Å²) in [5.41, 5.74) is 11.9. The van der Waals surface area contributed by atoms with Crippen molar-refractivity contribution >= 4 is 34.0 Å². The summed E-state index contributed by atoms with van der Waals surface area (Å²) in [6.07, 6.45) is 6.44. The van der Waals surface area contributed by atoms with Gasteiger partial charge in [-0.05, 0) is 104 Å². The highest BCUT2D eigenvalue weighted by Crippen LogP contribution is 2.35. The predicted molar refractivity (Wildman–Crippen MR) is 185 cm³/mol. The number of primary amides is 1. The fraction of sp³-hybridized carbons (Fsp3) is 0.237. The fourth-order valence-corrected chi connectivity index (χ4v) is 5.31. The molecule has 0 saturated carbocycles. The Morgan fingerprint density at radius 1 is 0.913 bits per heavy atom. The van der Waals surface area contributed by atoms with Crippen LogP contribution in [-0.4, -0.2) is 49.2 Å². The highest BCUT2D eigenvalue weighted by Gasteiger charge is 2.19. The molecule has 0 saturated heterocycles. The molecule has 1 amide bonds. The molecule has 5 aromatic rings. The van der Waals surface area contributed by atoms with E-state index in [0.29, 0.717) is 5.56 Å². The smallest absolute Gasteiger partial charge is 0.310 e. The Labute approximate surface area is 270 Å². The predicted octanol–water partition coefficient (Wildman–Crippen LogP) is 6.75. The molecule has 0 aliphatic carbocycles. The zero-order chi connectivity index (χ0) is 32.9. The van der Waals surface area contributed by atoms with Crippen molar-refractivity contribution in [2.24, 2.45) is 5.73 Å². The topological polar surface area (TPSA) is 118 Å². The van der Waals surface area contributed by atoms with Crippen LogP contribution in [0.15, 0.2) is 109 Å². The number of aliphatic carboxylic acids is 1. The summed E-state index contributed by atoms with van der Waals surface area (Å²) in [6.45, 7) is 3.81. The van der Waals surface area contributed by atoms with Gasteiger partial charge in [0.2, 0.25) is 5.91 Å². The van der Waals surface area contributed by atoms with E-state index in [-0.39, 0.29) is 0 Å². The zero-order valence-electron chi connectivity index (χ0n) is 26.6. The number of para-hydroxylation sites is 2. The van der Waals surface area contributed by atoms with Crippen LogP contribution in [0.5, 0.6) is 5.75 Å². The summed E-state index contributed by atoms with van der Waals surface area (Å²) in [5.74, 6) is -0.931. The second-order valence-corrected chi connectivity index (χ2v) is 11.0. The van der Waals surface area contributed by atoms with Crippen LogP contribution in [0, 0.1) is 0 Å². The molecular weight excluding hydrogens is 576 g/mol. The third-order valence-corrected chi connectivity index (χ3v) is 7.92. The zero-order valence-corrected chi connectivity index (χ0v) is 26.6. The number of pyridine rings is 1. The van der Waals surface area contributed by atoms with E-state index in [4.69, 9.17) is 15.6 Å². The molecule has 1 aliphatic heterocycles. The quantitative estimate of drug-likeness (QED) is 0.165. The lowest BCUT2D eigenvalue weighted by Gasteiger charge is -2.27. The lowest BCUT2D eigenvalue weighted by molar-refractivity contribution is -0.138. The van der Waals surface area contributed by atoms with Gasteiger partial charge in [-0.15, -0.1) is 0 Å². The summed E-state index contributed by atoms with van der Waals surface area (Å²) in [6, 6.07) is 32.4. The summed E-state index contributed by atoms with van der Waals surface area (Å²) in [4.78, 5) is 27.5. The van der Waals surface area contributed by atoms with E-state index in [2.05, 4.69) is 63.7 Å². The summed E-state index contributed by atoms with van der Waals surface area (Å²) < 4.78 is 5.14. The van der Waals surface area contributed by atoms with Crippen molar-refractivity contribution in [3.63, 3.8) is 0 Å². The van der Waals surface area contributed by atoms with Gasteiger partial charge in [0.25, 0.3) is 0 Å². The first-order valence-corrected chi connectivity index (χ1v) is 15.4. The Balaban J connectivity index is 0.000000168. The molecule has 8 nitrogen and oxygen atoms in total. The number of benzene rings is 4. The minimum atomic E-state index is -0.808. The first-order chi connectivity index (χ1) is 22.3. The molecular formula is C38H42N4O4. The molecule has 4 aromatic carbocycles. The first-order valence-electron chi connectivity index (χ1n) is 15.4. The van der Waals surface area contributed by atoms with Crippen molar-refractivity contribution in [1.82, 2.24) is 10.3 Å². The van der Waals surface area contributed by atoms with Crippen LogP contribution < -0.4 is 20.7 Å². The minimum Gasteiger partial charge on any atom is -0.497 e. The van der Waals surface area contributed by atoms with E-state index in [1.807, 2.05) is 43.4 Å². The normalized spacial score (nSPS) is 12.2. The van der Waals surface area contributed by atoms with E-state index in [1.165, 1.54) is 28.7 Å². The van der Waals surface area contributed by atoms with Gasteiger partial charge in [-0.1, -0.05) is 60.7 Å². The van der Waals surface area contributed by atoms with Gasteiger partial charge in [0.1, 0.15) is 5.75 Å². The molecule has 1 aliphatic rings. The molecule has 8 heteroatoms. The Morgan fingerprint density at radius 2 is 1.54 bits per heavy atom. The number of carboxylic acid groups (broad SMARTS) is 1. The third kappa shape index (κ3) is 8.92. The van der Waals surface area contributed by atoms with Crippen molar-refractivity contribution in [3.8, 4) is 5.75 Å². The van der Waals surface area contributed by atoms with Crippen LogP contribution in [0.4, 0.5) is 11.4 Å². The second kappa shape index (κ2) is 16.7. The van der Waals surface area contributed by atoms with Gasteiger partial charge >= 0.3 is 5.97 Å². The first kappa shape index (κ1) is 33.7. The summed E-state index contributed by atoms with van der Waals surface area (Å²) in [7, 11) is 3.65. The van der Waals surface area contributed by atoms with Gasteiger partial charge in [0, 0.05) is 30.3 Å². The van der Waals surface area contributed by atoms with Crippen LogP contribution in [0.1, 0.15) is 46.3 Å². The molecule has 2 heterocycles. The van der Waals surface area contributed by atoms with Gasteiger partial charge in [0.15, 0.2) is 0 Å². The number of carbonyl (C=O) groups is 2.